The van der Waals surface area contributed by atoms with Crippen LogP contribution in [0.3, 0.4) is 0 Å². The van der Waals surface area contributed by atoms with Crippen LogP contribution in [-0.4, -0.2) is 29.7 Å². The third-order valence-corrected chi connectivity index (χ3v) is 2.49. The molecule has 0 N–H and O–H groups in total. The Morgan fingerprint density at radius 2 is 1.75 bits per heavy atom. The Labute approximate surface area is 74.1 Å². The Morgan fingerprint density at radius 3 is 2.42 bits per heavy atom. The van der Waals surface area contributed by atoms with Crippen LogP contribution in [0, 0.1) is 0 Å². The number of hydrazine groups is 1. The van der Waals surface area contributed by atoms with Crippen molar-refractivity contribution in [3.63, 3.8) is 0 Å². The van der Waals surface area contributed by atoms with Crippen LogP contribution in [0.2, 0.25) is 0 Å². The van der Waals surface area contributed by atoms with Crippen LogP contribution in [0.15, 0.2) is 24.4 Å². The van der Waals surface area contributed by atoms with Crippen molar-refractivity contribution in [1.29, 1.82) is 0 Å². The normalized spacial score (nSPS) is 24.8. The zero-order valence-electron chi connectivity index (χ0n) is 7.45. The van der Waals surface area contributed by atoms with Gasteiger partial charge in [-0.25, -0.2) is 5.01 Å². The molecule has 0 radical (unpaired) electrons. The Morgan fingerprint density at radius 1 is 0.917 bits per heavy atom. The molecule has 0 aromatic carbocycles. The molecule has 0 unspecified atom stereocenters. The first-order valence-corrected chi connectivity index (χ1v) is 4.82. The van der Waals surface area contributed by atoms with Crippen LogP contribution in [-0.2, 0) is 0 Å². The van der Waals surface area contributed by atoms with Gasteiger partial charge in [-0.1, -0.05) is 18.6 Å². The Hall–Kier alpha value is -0.760. The minimum absolute atomic E-state index is 1.05. The smallest absolute Gasteiger partial charge is 0.0524 e. The average Bonchev–Trinajstić information content (AvgIpc) is 2.21. The Bertz CT molecular complexity index is 190. The minimum atomic E-state index is 1.05. The van der Waals surface area contributed by atoms with E-state index in [-0.39, 0.29) is 0 Å². The maximum atomic E-state index is 2.45. The number of hydrogen-bond donors (Lipinski definition) is 0. The van der Waals surface area contributed by atoms with Crippen molar-refractivity contribution in [3.05, 3.63) is 24.4 Å². The van der Waals surface area contributed by atoms with Crippen molar-refractivity contribution < 1.29 is 0 Å². The molecule has 0 saturated carbocycles. The summed E-state index contributed by atoms with van der Waals surface area (Å²) in [5, 5.41) is 4.77. The summed E-state index contributed by atoms with van der Waals surface area (Å²) in [6.07, 6.45) is 12.7. The zero-order chi connectivity index (χ0) is 8.23. The SMILES string of the molecule is C1=CCN(N2CCCCC2)C=C1. The topological polar surface area (TPSA) is 6.48 Å². The second-order valence-corrected chi connectivity index (χ2v) is 3.41. The maximum Gasteiger partial charge on any atom is 0.0524 e. The zero-order valence-corrected chi connectivity index (χ0v) is 7.45. The van der Waals surface area contributed by atoms with E-state index < -0.39 is 0 Å². The molecule has 0 amide bonds. The molecule has 2 aliphatic rings. The lowest BCUT2D eigenvalue weighted by atomic mass is 10.2. The van der Waals surface area contributed by atoms with E-state index in [1.54, 1.807) is 0 Å². The van der Waals surface area contributed by atoms with E-state index in [0.29, 0.717) is 0 Å². The van der Waals surface area contributed by atoms with Gasteiger partial charge in [-0.15, -0.1) is 0 Å². The Balaban J connectivity index is 1.90. The quantitative estimate of drug-likeness (QED) is 0.583. The largest absolute Gasteiger partial charge is 0.309 e. The number of rotatable bonds is 1. The second kappa shape index (κ2) is 3.76. The third-order valence-electron chi connectivity index (χ3n) is 2.49. The van der Waals surface area contributed by atoms with Gasteiger partial charge in [-0.2, -0.15) is 0 Å². The summed E-state index contributed by atoms with van der Waals surface area (Å²) in [4.78, 5) is 0. The van der Waals surface area contributed by atoms with Crippen molar-refractivity contribution >= 4 is 0 Å². The molecular weight excluding hydrogens is 148 g/mol. The highest BCUT2D eigenvalue weighted by molar-refractivity contribution is 5.07. The fourth-order valence-electron chi connectivity index (χ4n) is 1.80. The van der Waals surface area contributed by atoms with Gasteiger partial charge in [0.05, 0.1) is 6.54 Å². The van der Waals surface area contributed by atoms with Gasteiger partial charge in [0.25, 0.3) is 0 Å². The number of nitrogens with zero attached hydrogens (tertiary/aromatic N) is 2. The van der Waals surface area contributed by atoms with Gasteiger partial charge in [0, 0.05) is 19.3 Å². The molecule has 1 saturated heterocycles. The van der Waals surface area contributed by atoms with Crippen molar-refractivity contribution in [3.8, 4) is 0 Å². The first-order chi connectivity index (χ1) is 5.97. The molecule has 2 aliphatic heterocycles. The van der Waals surface area contributed by atoms with Crippen molar-refractivity contribution in [2.45, 2.75) is 19.3 Å². The van der Waals surface area contributed by atoms with Crippen LogP contribution in [0.25, 0.3) is 0 Å². The van der Waals surface area contributed by atoms with Crippen LogP contribution in [0.1, 0.15) is 19.3 Å². The molecule has 2 nitrogen and oxygen atoms in total. The van der Waals surface area contributed by atoms with E-state index in [1.165, 1.54) is 32.4 Å². The number of hydrogen-bond acceptors (Lipinski definition) is 2. The summed E-state index contributed by atoms with van der Waals surface area (Å²) < 4.78 is 0. The van der Waals surface area contributed by atoms with E-state index in [4.69, 9.17) is 0 Å². The van der Waals surface area contributed by atoms with E-state index in [9.17, 15) is 0 Å². The molecular formula is C10H16N2. The van der Waals surface area contributed by atoms with Gasteiger partial charge < -0.3 is 5.01 Å². The van der Waals surface area contributed by atoms with Crippen LogP contribution in [0.4, 0.5) is 0 Å². The van der Waals surface area contributed by atoms with Crippen LogP contribution in [0.5, 0.6) is 0 Å². The van der Waals surface area contributed by atoms with E-state index >= 15 is 0 Å². The number of allylic oxidation sites excluding steroid dienone is 2. The summed E-state index contributed by atoms with van der Waals surface area (Å²) in [6, 6.07) is 0. The summed E-state index contributed by atoms with van der Waals surface area (Å²) in [5.74, 6) is 0. The molecule has 0 aromatic rings. The van der Waals surface area contributed by atoms with Gasteiger partial charge in [-0.3, -0.25) is 0 Å². The van der Waals surface area contributed by atoms with Crippen molar-refractivity contribution in [2.75, 3.05) is 19.6 Å². The summed E-state index contributed by atoms with van der Waals surface area (Å²) in [6.45, 7) is 3.52. The van der Waals surface area contributed by atoms with E-state index in [2.05, 4.69) is 34.4 Å². The minimum Gasteiger partial charge on any atom is -0.309 e. The van der Waals surface area contributed by atoms with Crippen molar-refractivity contribution in [2.24, 2.45) is 0 Å². The lowest BCUT2D eigenvalue weighted by Gasteiger charge is -2.36. The molecule has 12 heavy (non-hydrogen) atoms. The lowest BCUT2D eigenvalue weighted by molar-refractivity contribution is 0.0130. The first-order valence-electron chi connectivity index (χ1n) is 4.82. The maximum absolute atomic E-state index is 2.45. The fraction of sp³-hybridized carbons (Fsp3) is 0.600. The fourth-order valence-corrected chi connectivity index (χ4v) is 1.80. The number of piperidine rings is 1. The van der Waals surface area contributed by atoms with E-state index in [0.717, 1.165) is 6.54 Å². The van der Waals surface area contributed by atoms with Crippen molar-refractivity contribution in [1.82, 2.24) is 10.0 Å². The molecule has 0 bridgehead atoms. The summed E-state index contributed by atoms with van der Waals surface area (Å²) in [7, 11) is 0. The molecule has 2 heterocycles. The summed E-state index contributed by atoms with van der Waals surface area (Å²) >= 11 is 0. The highest BCUT2D eigenvalue weighted by Crippen LogP contribution is 2.13. The van der Waals surface area contributed by atoms with Gasteiger partial charge in [0.2, 0.25) is 0 Å². The highest BCUT2D eigenvalue weighted by atomic mass is 15.6. The van der Waals surface area contributed by atoms with Gasteiger partial charge >= 0.3 is 0 Å². The van der Waals surface area contributed by atoms with Gasteiger partial charge in [0.1, 0.15) is 0 Å². The average molecular weight is 164 g/mol. The Kier molecular flexibility index (Phi) is 2.47. The molecule has 1 fully saturated rings. The molecule has 2 heteroatoms. The summed E-state index contributed by atoms with van der Waals surface area (Å²) in [5.41, 5.74) is 0. The molecule has 0 aromatic heterocycles. The predicted octanol–water partition coefficient (Wildman–Crippen LogP) is 1.77. The molecule has 0 atom stereocenters. The third kappa shape index (κ3) is 1.69. The lowest BCUT2D eigenvalue weighted by Crippen LogP contribution is -2.42. The first kappa shape index (κ1) is 7.87. The standard InChI is InChI=1S/C10H16N2/c1-3-7-11(8-4-1)12-9-5-2-6-10-12/h1,3-4,7H,2,5-6,8-10H2. The predicted molar refractivity (Wildman–Crippen MR) is 50.4 cm³/mol. The highest BCUT2D eigenvalue weighted by Gasteiger charge is 2.14. The van der Waals surface area contributed by atoms with Gasteiger partial charge in [0.15, 0.2) is 0 Å². The van der Waals surface area contributed by atoms with Crippen LogP contribution < -0.4 is 0 Å². The van der Waals surface area contributed by atoms with Crippen LogP contribution >= 0.6 is 0 Å². The molecule has 66 valence electrons. The second-order valence-electron chi connectivity index (χ2n) is 3.41. The molecule has 0 spiro atoms. The van der Waals surface area contributed by atoms with E-state index in [1.807, 2.05) is 0 Å². The van der Waals surface area contributed by atoms with Gasteiger partial charge in [-0.05, 0) is 18.9 Å². The monoisotopic (exact) mass is 164 g/mol. The molecule has 2 rings (SSSR count). The molecule has 0 aliphatic carbocycles.